The molecule has 0 spiro atoms. The van der Waals surface area contributed by atoms with Crippen molar-refractivity contribution < 1.29 is 28.5 Å². The molecule has 1 aromatic heterocycles. The molecule has 1 heterocycles. The van der Waals surface area contributed by atoms with E-state index in [1.165, 1.54) is 96.4 Å². The van der Waals surface area contributed by atoms with Crippen molar-refractivity contribution in [3.63, 3.8) is 0 Å². The molecule has 0 aromatic carbocycles. The Bertz CT molecular complexity index is 333. The maximum Gasteiger partial charge on any atom is 0.168 e. The van der Waals surface area contributed by atoms with Gasteiger partial charge >= 0.3 is 0 Å². The number of aromatic nitrogens is 1. The first-order chi connectivity index (χ1) is 10.9. The van der Waals surface area contributed by atoms with E-state index in [9.17, 15) is 0 Å². The van der Waals surface area contributed by atoms with E-state index in [-0.39, 0.29) is 71.9 Å². The summed E-state index contributed by atoms with van der Waals surface area (Å²) in [5.74, 6) is 0. The summed E-state index contributed by atoms with van der Waals surface area (Å²) in [5, 5.41) is 0. The molecule has 0 unspecified atom stereocenters. The van der Waals surface area contributed by atoms with E-state index in [1.807, 2.05) is 0 Å². The van der Waals surface area contributed by atoms with Crippen molar-refractivity contribution in [2.75, 3.05) is 0 Å². The molecule has 0 amide bonds. The highest BCUT2D eigenvalue weighted by Crippen LogP contribution is 2.12. The molecule has 25 heavy (non-hydrogen) atoms. The molecule has 1 rings (SSSR count). The zero-order chi connectivity index (χ0) is 15.7. The van der Waals surface area contributed by atoms with E-state index in [1.54, 1.807) is 0 Å². The van der Waals surface area contributed by atoms with Crippen LogP contribution in [-0.2, 0) is 6.54 Å². The summed E-state index contributed by atoms with van der Waals surface area (Å²) in [5.41, 5.74) is 0. The zero-order valence-corrected chi connectivity index (χ0v) is 23.0. The van der Waals surface area contributed by atoms with Gasteiger partial charge in [-0.1, -0.05) is 90.0 Å². The minimum Gasteiger partial charge on any atom is -1.00 e. The SMILES string of the molecule is CCCCCCCCCCCCCCCC[n+]1ccccc1.I.I.[I-]. The Morgan fingerprint density at radius 3 is 1.28 bits per heavy atom. The predicted molar refractivity (Wildman–Crippen MR) is 128 cm³/mol. The number of nitrogens with zero attached hydrogens (tertiary/aromatic N) is 1. The average molecular weight is 687 g/mol. The molecule has 4 heteroatoms. The number of hydrogen-bond donors (Lipinski definition) is 0. The highest BCUT2D eigenvalue weighted by atomic mass is 127. The Morgan fingerprint density at radius 1 is 0.520 bits per heavy atom. The van der Waals surface area contributed by atoms with Crippen molar-refractivity contribution in [3.05, 3.63) is 30.6 Å². The number of unbranched alkanes of at least 4 members (excludes halogenated alkanes) is 13. The summed E-state index contributed by atoms with van der Waals surface area (Å²) in [6.45, 7) is 3.47. The average Bonchev–Trinajstić information content (AvgIpc) is 2.56. The van der Waals surface area contributed by atoms with Gasteiger partial charge in [0.05, 0.1) is 0 Å². The van der Waals surface area contributed by atoms with Crippen LogP contribution in [0, 0.1) is 0 Å². The molecule has 150 valence electrons. The molecule has 0 bridgehead atoms. The topological polar surface area (TPSA) is 3.88 Å². The van der Waals surface area contributed by atoms with Gasteiger partial charge < -0.3 is 24.0 Å². The largest absolute Gasteiger partial charge is 1.00 e. The van der Waals surface area contributed by atoms with Crippen LogP contribution in [0.4, 0.5) is 0 Å². The Labute approximate surface area is 208 Å². The maximum atomic E-state index is 2.29. The van der Waals surface area contributed by atoms with Gasteiger partial charge in [0.2, 0.25) is 0 Å². The van der Waals surface area contributed by atoms with Crippen molar-refractivity contribution in [2.24, 2.45) is 0 Å². The van der Waals surface area contributed by atoms with Gasteiger partial charge in [0.1, 0.15) is 6.54 Å². The van der Waals surface area contributed by atoms with E-state index in [0.717, 1.165) is 0 Å². The lowest BCUT2D eigenvalue weighted by Crippen LogP contribution is -3.00. The van der Waals surface area contributed by atoms with Gasteiger partial charge in [0, 0.05) is 18.6 Å². The second-order valence-electron chi connectivity index (χ2n) is 6.71. The van der Waals surface area contributed by atoms with Gasteiger partial charge in [-0.2, -0.15) is 0 Å². The fraction of sp³-hybridized carbons (Fsp3) is 0.762. The Morgan fingerprint density at radius 2 is 0.880 bits per heavy atom. The smallest absolute Gasteiger partial charge is 0.168 e. The summed E-state index contributed by atoms with van der Waals surface area (Å²) in [6.07, 6.45) is 24.4. The summed E-state index contributed by atoms with van der Waals surface area (Å²) in [6, 6.07) is 6.31. The molecule has 0 atom stereocenters. The summed E-state index contributed by atoms with van der Waals surface area (Å²) >= 11 is 0. The molecule has 0 fully saturated rings. The van der Waals surface area contributed by atoms with E-state index in [2.05, 4.69) is 42.1 Å². The quantitative estimate of drug-likeness (QED) is 0.143. The summed E-state index contributed by atoms with van der Waals surface area (Å²) in [7, 11) is 0. The van der Waals surface area contributed by atoms with E-state index < -0.39 is 0 Å². The minimum atomic E-state index is 0. The first-order valence-corrected chi connectivity index (χ1v) is 9.87. The fourth-order valence-corrected chi connectivity index (χ4v) is 3.07. The Balaban J connectivity index is -0.00000161. The van der Waals surface area contributed by atoms with Crippen molar-refractivity contribution >= 4 is 48.0 Å². The second-order valence-corrected chi connectivity index (χ2v) is 6.71. The fourth-order valence-electron chi connectivity index (χ4n) is 3.07. The Hall–Kier alpha value is 1.34. The van der Waals surface area contributed by atoms with Crippen LogP contribution in [0.15, 0.2) is 30.6 Å². The summed E-state index contributed by atoms with van der Waals surface area (Å²) < 4.78 is 2.29. The molecule has 0 aliphatic heterocycles. The number of pyridine rings is 1. The lowest BCUT2D eigenvalue weighted by molar-refractivity contribution is -0.697. The van der Waals surface area contributed by atoms with E-state index >= 15 is 0 Å². The zero-order valence-electron chi connectivity index (χ0n) is 16.1. The minimum absolute atomic E-state index is 0. The molecule has 1 nitrogen and oxygen atoms in total. The standard InChI is InChI=1S/C21H38N.3HI/c1-2-3-4-5-6-7-8-9-10-11-12-13-14-16-19-22-20-17-15-18-21-22;;;/h15,17-18,20-21H,2-14,16,19H2,1H3;3*1H/q+1;;;/p-1. The van der Waals surface area contributed by atoms with Crippen LogP contribution in [0.3, 0.4) is 0 Å². The van der Waals surface area contributed by atoms with E-state index in [0.29, 0.717) is 0 Å². The molecule has 1 aromatic rings. The molecule has 0 radical (unpaired) electrons. The van der Waals surface area contributed by atoms with Crippen LogP contribution in [0.2, 0.25) is 0 Å². The normalized spacial score (nSPS) is 9.64. The molecule has 0 aliphatic rings. The molecular formula is C21H40I3N. The van der Waals surface area contributed by atoms with Gasteiger partial charge in [0.15, 0.2) is 12.4 Å². The molecule has 0 saturated carbocycles. The van der Waals surface area contributed by atoms with Crippen LogP contribution in [-0.4, -0.2) is 0 Å². The third-order valence-corrected chi connectivity index (χ3v) is 4.55. The number of halogens is 3. The Kier molecular flexibility index (Phi) is 31.5. The lowest BCUT2D eigenvalue weighted by Gasteiger charge is -2.02. The van der Waals surface area contributed by atoms with Crippen molar-refractivity contribution in [2.45, 2.75) is 103 Å². The molecular weight excluding hydrogens is 647 g/mol. The third kappa shape index (κ3) is 21.5. The second kappa shape index (κ2) is 25.3. The van der Waals surface area contributed by atoms with Crippen molar-refractivity contribution in [1.82, 2.24) is 0 Å². The van der Waals surface area contributed by atoms with Crippen molar-refractivity contribution in [1.29, 1.82) is 0 Å². The van der Waals surface area contributed by atoms with Gasteiger partial charge in [-0.3, -0.25) is 0 Å². The predicted octanol–water partition coefficient (Wildman–Crippen LogP) is 4.70. The highest BCUT2D eigenvalue weighted by Gasteiger charge is 1.98. The maximum absolute atomic E-state index is 2.29. The number of aryl methyl sites for hydroxylation is 1. The first kappa shape index (κ1) is 31.0. The lowest BCUT2D eigenvalue weighted by atomic mass is 10.0. The monoisotopic (exact) mass is 687 g/mol. The van der Waals surface area contributed by atoms with Crippen LogP contribution >= 0.6 is 48.0 Å². The van der Waals surface area contributed by atoms with Gasteiger partial charge in [0.25, 0.3) is 0 Å². The third-order valence-electron chi connectivity index (χ3n) is 4.55. The van der Waals surface area contributed by atoms with Gasteiger partial charge in [-0.15, -0.1) is 48.0 Å². The number of rotatable bonds is 15. The first-order valence-electron chi connectivity index (χ1n) is 9.87. The van der Waals surface area contributed by atoms with E-state index in [4.69, 9.17) is 0 Å². The van der Waals surface area contributed by atoms with Crippen LogP contribution in [0.1, 0.15) is 96.8 Å². The van der Waals surface area contributed by atoms with Gasteiger partial charge in [-0.25, -0.2) is 4.57 Å². The molecule has 0 aliphatic carbocycles. The highest BCUT2D eigenvalue weighted by molar-refractivity contribution is 14.0. The molecule has 0 N–H and O–H groups in total. The number of hydrogen-bond acceptors (Lipinski definition) is 0. The molecule has 0 saturated heterocycles. The summed E-state index contributed by atoms with van der Waals surface area (Å²) in [4.78, 5) is 0. The van der Waals surface area contributed by atoms with Gasteiger partial charge in [-0.05, 0) is 6.42 Å². The van der Waals surface area contributed by atoms with Crippen molar-refractivity contribution in [3.8, 4) is 0 Å². The van der Waals surface area contributed by atoms with Crippen LogP contribution in [0.25, 0.3) is 0 Å². The van der Waals surface area contributed by atoms with Crippen LogP contribution in [0.5, 0.6) is 0 Å². The van der Waals surface area contributed by atoms with Crippen LogP contribution < -0.4 is 28.5 Å².